The molecule has 0 atom stereocenters. The van der Waals surface area contributed by atoms with Crippen LogP contribution in [-0.2, 0) is 0 Å². The molecule has 0 spiro atoms. The number of halogens is 1. The largest absolute Gasteiger partial charge is 0.294 e. The van der Waals surface area contributed by atoms with Crippen molar-refractivity contribution in [3.63, 3.8) is 0 Å². The van der Waals surface area contributed by atoms with E-state index in [4.69, 9.17) is 0 Å². The van der Waals surface area contributed by atoms with E-state index in [0.29, 0.717) is 11.1 Å². The SMILES string of the molecule is CC(=O)c1ccc(F)cc1-c1cccc2ccccc12. The molecule has 0 aromatic heterocycles. The van der Waals surface area contributed by atoms with Crippen LogP contribution in [0, 0.1) is 5.82 Å². The fourth-order valence-electron chi connectivity index (χ4n) is 2.51. The highest BCUT2D eigenvalue weighted by atomic mass is 19.1. The number of carbonyl (C=O) groups is 1. The van der Waals surface area contributed by atoms with Crippen LogP contribution in [-0.4, -0.2) is 5.78 Å². The van der Waals surface area contributed by atoms with E-state index in [0.717, 1.165) is 16.3 Å². The molecule has 0 saturated carbocycles. The maximum Gasteiger partial charge on any atom is 0.160 e. The number of hydrogen-bond acceptors (Lipinski definition) is 1. The van der Waals surface area contributed by atoms with Gasteiger partial charge in [-0.25, -0.2) is 4.39 Å². The Balaban J connectivity index is 2.36. The fraction of sp³-hybridized carbons (Fsp3) is 0.0556. The second-order valence-corrected chi connectivity index (χ2v) is 4.77. The quantitative estimate of drug-likeness (QED) is 0.605. The Morgan fingerprint density at radius 3 is 2.45 bits per heavy atom. The van der Waals surface area contributed by atoms with E-state index >= 15 is 0 Å². The average Bonchev–Trinajstić information content (AvgIpc) is 2.46. The van der Waals surface area contributed by atoms with Crippen molar-refractivity contribution < 1.29 is 9.18 Å². The van der Waals surface area contributed by atoms with Gasteiger partial charge < -0.3 is 0 Å². The van der Waals surface area contributed by atoms with Crippen molar-refractivity contribution in [2.45, 2.75) is 6.92 Å². The highest BCUT2D eigenvalue weighted by Gasteiger charge is 2.12. The molecule has 20 heavy (non-hydrogen) atoms. The van der Waals surface area contributed by atoms with Gasteiger partial charge in [-0.1, -0.05) is 42.5 Å². The van der Waals surface area contributed by atoms with Crippen LogP contribution in [0.3, 0.4) is 0 Å². The molecule has 0 aliphatic heterocycles. The summed E-state index contributed by atoms with van der Waals surface area (Å²) in [6.45, 7) is 1.50. The van der Waals surface area contributed by atoms with Crippen LogP contribution < -0.4 is 0 Å². The maximum atomic E-state index is 13.6. The second kappa shape index (κ2) is 4.89. The van der Waals surface area contributed by atoms with Crippen molar-refractivity contribution in [3.05, 3.63) is 72.0 Å². The molecule has 0 aliphatic rings. The lowest BCUT2D eigenvalue weighted by molar-refractivity contribution is 0.101. The summed E-state index contributed by atoms with van der Waals surface area (Å²) in [5, 5.41) is 2.09. The number of hydrogen-bond donors (Lipinski definition) is 0. The van der Waals surface area contributed by atoms with Gasteiger partial charge in [-0.3, -0.25) is 4.79 Å². The third-order valence-electron chi connectivity index (χ3n) is 3.44. The van der Waals surface area contributed by atoms with Gasteiger partial charge in [0.1, 0.15) is 5.82 Å². The van der Waals surface area contributed by atoms with Crippen LogP contribution >= 0.6 is 0 Å². The molecule has 3 rings (SSSR count). The van der Waals surface area contributed by atoms with Crippen LogP contribution in [0.25, 0.3) is 21.9 Å². The van der Waals surface area contributed by atoms with Gasteiger partial charge in [-0.05, 0) is 47.0 Å². The van der Waals surface area contributed by atoms with E-state index in [-0.39, 0.29) is 11.6 Å². The van der Waals surface area contributed by atoms with Crippen LogP contribution in [0.4, 0.5) is 4.39 Å². The molecule has 0 amide bonds. The molecular formula is C18H13FO. The number of rotatable bonds is 2. The van der Waals surface area contributed by atoms with E-state index in [1.807, 2.05) is 42.5 Å². The topological polar surface area (TPSA) is 17.1 Å². The molecule has 0 heterocycles. The summed E-state index contributed by atoms with van der Waals surface area (Å²) in [6, 6.07) is 18.0. The maximum absolute atomic E-state index is 13.6. The summed E-state index contributed by atoms with van der Waals surface area (Å²) in [7, 11) is 0. The lowest BCUT2D eigenvalue weighted by Crippen LogP contribution is -1.97. The van der Waals surface area contributed by atoms with Crippen molar-refractivity contribution in [2.24, 2.45) is 0 Å². The third kappa shape index (κ3) is 2.10. The highest BCUT2D eigenvalue weighted by Crippen LogP contribution is 2.31. The molecule has 0 saturated heterocycles. The van der Waals surface area contributed by atoms with Crippen molar-refractivity contribution in [1.82, 2.24) is 0 Å². The molecule has 0 fully saturated rings. The number of benzene rings is 3. The Labute approximate surface area is 116 Å². The van der Waals surface area contributed by atoms with E-state index in [1.165, 1.54) is 19.1 Å². The van der Waals surface area contributed by atoms with Crippen molar-refractivity contribution >= 4 is 16.6 Å². The molecule has 0 aliphatic carbocycles. The minimum absolute atomic E-state index is 0.0621. The Morgan fingerprint density at radius 1 is 0.900 bits per heavy atom. The van der Waals surface area contributed by atoms with E-state index in [1.54, 1.807) is 6.07 Å². The van der Waals surface area contributed by atoms with Gasteiger partial charge in [0.2, 0.25) is 0 Å². The van der Waals surface area contributed by atoms with Gasteiger partial charge in [0.15, 0.2) is 5.78 Å². The summed E-state index contributed by atoms with van der Waals surface area (Å²) in [5.74, 6) is -0.397. The smallest absolute Gasteiger partial charge is 0.160 e. The predicted molar refractivity (Wildman–Crippen MR) is 79.3 cm³/mol. The summed E-state index contributed by atoms with van der Waals surface area (Å²) in [5.41, 5.74) is 2.07. The monoisotopic (exact) mass is 264 g/mol. The number of fused-ring (bicyclic) bond motifs is 1. The first-order chi connectivity index (χ1) is 9.66. The summed E-state index contributed by atoms with van der Waals surface area (Å²) >= 11 is 0. The van der Waals surface area contributed by atoms with Crippen molar-refractivity contribution in [2.75, 3.05) is 0 Å². The minimum Gasteiger partial charge on any atom is -0.294 e. The Morgan fingerprint density at radius 2 is 1.65 bits per heavy atom. The molecule has 3 aromatic rings. The first-order valence-corrected chi connectivity index (χ1v) is 6.45. The van der Waals surface area contributed by atoms with E-state index in [2.05, 4.69) is 0 Å². The third-order valence-corrected chi connectivity index (χ3v) is 3.44. The second-order valence-electron chi connectivity index (χ2n) is 4.77. The summed E-state index contributed by atoms with van der Waals surface area (Å²) in [4.78, 5) is 11.8. The van der Waals surface area contributed by atoms with Gasteiger partial charge in [-0.15, -0.1) is 0 Å². The minimum atomic E-state index is -0.335. The van der Waals surface area contributed by atoms with Crippen LogP contribution in [0.15, 0.2) is 60.7 Å². The lowest BCUT2D eigenvalue weighted by Gasteiger charge is -2.10. The first kappa shape index (κ1) is 12.5. The van der Waals surface area contributed by atoms with E-state index < -0.39 is 0 Å². The molecule has 3 aromatic carbocycles. The lowest BCUT2D eigenvalue weighted by atomic mass is 9.93. The van der Waals surface area contributed by atoms with Crippen molar-refractivity contribution in [3.8, 4) is 11.1 Å². The molecule has 0 bridgehead atoms. The number of ketones is 1. The van der Waals surface area contributed by atoms with Gasteiger partial charge in [0, 0.05) is 5.56 Å². The van der Waals surface area contributed by atoms with Crippen LogP contribution in [0.5, 0.6) is 0 Å². The fourth-order valence-corrected chi connectivity index (χ4v) is 2.51. The Bertz CT molecular complexity index is 800. The molecule has 2 heteroatoms. The van der Waals surface area contributed by atoms with Crippen LogP contribution in [0.1, 0.15) is 17.3 Å². The predicted octanol–water partition coefficient (Wildman–Crippen LogP) is 4.85. The zero-order valence-corrected chi connectivity index (χ0v) is 11.1. The zero-order valence-electron chi connectivity index (χ0n) is 11.1. The molecule has 1 nitrogen and oxygen atoms in total. The molecular weight excluding hydrogens is 251 g/mol. The molecule has 0 radical (unpaired) electrons. The average molecular weight is 264 g/mol. The van der Waals surface area contributed by atoms with Gasteiger partial charge in [0.05, 0.1) is 0 Å². The van der Waals surface area contributed by atoms with Gasteiger partial charge in [0.25, 0.3) is 0 Å². The standard InChI is InChI=1S/C18H13FO/c1-12(20)15-10-9-14(19)11-18(15)17-8-4-6-13-5-2-3-7-16(13)17/h2-11H,1H3. The Hall–Kier alpha value is -2.48. The summed E-state index contributed by atoms with van der Waals surface area (Å²) < 4.78 is 13.6. The Kier molecular flexibility index (Phi) is 3.07. The normalized spacial score (nSPS) is 10.7. The molecule has 0 N–H and O–H groups in total. The van der Waals surface area contributed by atoms with Crippen molar-refractivity contribution in [1.29, 1.82) is 0 Å². The van der Waals surface area contributed by atoms with Gasteiger partial charge >= 0.3 is 0 Å². The molecule has 98 valence electrons. The van der Waals surface area contributed by atoms with Crippen LogP contribution in [0.2, 0.25) is 0 Å². The zero-order chi connectivity index (χ0) is 14.1. The summed E-state index contributed by atoms with van der Waals surface area (Å²) in [6.07, 6.45) is 0. The van der Waals surface area contributed by atoms with E-state index in [9.17, 15) is 9.18 Å². The molecule has 0 unspecified atom stereocenters. The first-order valence-electron chi connectivity index (χ1n) is 6.45. The van der Waals surface area contributed by atoms with Gasteiger partial charge in [-0.2, -0.15) is 0 Å². The number of Topliss-reactive ketones (excluding diaryl/α,β-unsaturated/α-hetero) is 1. The highest BCUT2D eigenvalue weighted by molar-refractivity contribution is 6.05. The number of carbonyl (C=O) groups excluding carboxylic acids is 1.